The molecular formula is C14H18O5. The van der Waals surface area contributed by atoms with Gasteiger partial charge in [0.05, 0.1) is 25.4 Å². The van der Waals surface area contributed by atoms with Crippen LogP contribution in [-0.2, 0) is 23.8 Å². The highest BCUT2D eigenvalue weighted by atomic mass is 16.6. The van der Waals surface area contributed by atoms with Gasteiger partial charge in [0.25, 0.3) is 0 Å². The standard InChI is InChI=1S/C14H18O5/c1-17-11(15)9-7-13-5-3-4-6-14(13,19-13)8-10(9)12(16)18-2/h3-8H2,1-2H3/t13-,14+. The van der Waals surface area contributed by atoms with Crippen LogP contribution in [0.25, 0.3) is 0 Å². The van der Waals surface area contributed by atoms with Crippen LogP contribution < -0.4 is 0 Å². The number of rotatable bonds is 2. The molecule has 3 rings (SSSR count). The van der Waals surface area contributed by atoms with Crippen molar-refractivity contribution in [2.24, 2.45) is 0 Å². The van der Waals surface area contributed by atoms with Crippen LogP contribution >= 0.6 is 0 Å². The Labute approximate surface area is 111 Å². The highest BCUT2D eigenvalue weighted by Gasteiger charge is 2.72. The maximum Gasteiger partial charge on any atom is 0.334 e. The summed E-state index contributed by atoms with van der Waals surface area (Å²) in [6.07, 6.45) is 5.10. The Kier molecular flexibility index (Phi) is 2.71. The van der Waals surface area contributed by atoms with Crippen LogP contribution in [0.1, 0.15) is 38.5 Å². The lowest BCUT2D eigenvalue weighted by atomic mass is 9.69. The number of carbonyl (C=O) groups is 2. The summed E-state index contributed by atoms with van der Waals surface area (Å²) in [7, 11) is 2.66. The van der Waals surface area contributed by atoms with E-state index in [2.05, 4.69) is 0 Å². The Morgan fingerprint density at radius 1 is 0.947 bits per heavy atom. The van der Waals surface area contributed by atoms with Gasteiger partial charge >= 0.3 is 11.9 Å². The molecule has 0 aromatic heterocycles. The molecule has 1 saturated carbocycles. The lowest BCUT2D eigenvalue weighted by molar-refractivity contribution is -0.140. The molecular weight excluding hydrogens is 248 g/mol. The van der Waals surface area contributed by atoms with Gasteiger partial charge in [-0.1, -0.05) is 12.8 Å². The van der Waals surface area contributed by atoms with Crippen molar-refractivity contribution in [1.82, 2.24) is 0 Å². The van der Waals surface area contributed by atoms with E-state index in [0.29, 0.717) is 24.0 Å². The molecule has 5 nitrogen and oxygen atoms in total. The number of methoxy groups -OCH3 is 2. The van der Waals surface area contributed by atoms with Crippen LogP contribution in [0.5, 0.6) is 0 Å². The summed E-state index contributed by atoms with van der Waals surface area (Å²) in [5.74, 6) is -0.881. The van der Waals surface area contributed by atoms with Crippen LogP contribution in [-0.4, -0.2) is 37.4 Å². The third-order valence-corrected chi connectivity index (χ3v) is 4.74. The highest BCUT2D eigenvalue weighted by molar-refractivity contribution is 6.01. The first-order valence-electron chi connectivity index (χ1n) is 6.66. The molecule has 1 aliphatic heterocycles. The molecule has 2 aliphatic carbocycles. The third kappa shape index (κ3) is 1.64. The lowest BCUT2D eigenvalue weighted by Gasteiger charge is -2.30. The summed E-state index contributed by atoms with van der Waals surface area (Å²) >= 11 is 0. The summed E-state index contributed by atoms with van der Waals surface area (Å²) in [6.45, 7) is 0. The molecule has 19 heavy (non-hydrogen) atoms. The molecule has 0 bridgehead atoms. The Bertz CT molecular complexity index is 438. The summed E-state index contributed by atoms with van der Waals surface area (Å²) < 4.78 is 15.6. The predicted molar refractivity (Wildman–Crippen MR) is 65.3 cm³/mol. The zero-order valence-corrected chi connectivity index (χ0v) is 11.3. The molecule has 5 heteroatoms. The topological polar surface area (TPSA) is 65.1 Å². The molecule has 0 unspecified atom stereocenters. The van der Waals surface area contributed by atoms with Crippen molar-refractivity contribution in [3.8, 4) is 0 Å². The van der Waals surface area contributed by atoms with Gasteiger partial charge in [-0.3, -0.25) is 0 Å². The summed E-state index contributed by atoms with van der Waals surface area (Å²) in [5.41, 5.74) is 0.409. The molecule has 0 aromatic carbocycles. The first kappa shape index (κ1) is 12.7. The SMILES string of the molecule is COC(=O)C1=C(C(=O)OC)C[C@@]23CCCC[C@]2(C1)O3. The van der Waals surface area contributed by atoms with E-state index in [1.165, 1.54) is 14.2 Å². The fourth-order valence-electron chi connectivity index (χ4n) is 3.72. The van der Waals surface area contributed by atoms with Gasteiger partial charge in [-0.25, -0.2) is 9.59 Å². The Hall–Kier alpha value is -1.36. The summed E-state index contributed by atoms with van der Waals surface area (Å²) in [5, 5.41) is 0. The molecule has 104 valence electrons. The quantitative estimate of drug-likeness (QED) is 0.560. The summed E-state index contributed by atoms with van der Waals surface area (Å²) in [6, 6.07) is 0. The molecule has 2 atom stereocenters. The third-order valence-electron chi connectivity index (χ3n) is 4.74. The van der Waals surface area contributed by atoms with Crippen LogP contribution in [0.15, 0.2) is 11.1 Å². The maximum atomic E-state index is 11.9. The number of ether oxygens (including phenoxy) is 3. The van der Waals surface area contributed by atoms with Crippen molar-refractivity contribution in [3.63, 3.8) is 0 Å². The van der Waals surface area contributed by atoms with Gasteiger partial charge in [0.2, 0.25) is 0 Å². The van der Waals surface area contributed by atoms with E-state index in [4.69, 9.17) is 14.2 Å². The van der Waals surface area contributed by atoms with Crippen LogP contribution in [0, 0.1) is 0 Å². The molecule has 1 saturated heterocycles. The minimum atomic E-state index is -0.440. The summed E-state index contributed by atoms with van der Waals surface area (Å²) in [4.78, 5) is 23.8. The second-order valence-corrected chi connectivity index (χ2v) is 5.59. The van der Waals surface area contributed by atoms with E-state index in [1.807, 2.05) is 0 Å². The second kappa shape index (κ2) is 4.07. The minimum absolute atomic E-state index is 0.230. The van der Waals surface area contributed by atoms with E-state index in [1.54, 1.807) is 0 Å². The molecule has 3 aliphatic rings. The average molecular weight is 266 g/mol. The number of hydrogen-bond donors (Lipinski definition) is 0. The average Bonchev–Trinajstić information content (AvgIpc) is 3.12. The zero-order valence-electron chi connectivity index (χ0n) is 11.3. The van der Waals surface area contributed by atoms with Gasteiger partial charge in [-0.15, -0.1) is 0 Å². The second-order valence-electron chi connectivity index (χ2n) is 5.59. The smallest absolute Gasteiger partial charge is 0.334 e. The fourth-order valence-corrected chi connectivity index (χ4v) is 3.72. The van der Waals surface area contributed by atoms with Gasteiger partial charge in [-0.05, 0) is 12.8 Å². The van der Waals surface area contributed by atoms with E-state index in [-0.39, 0.29) is 11.2 Å². The van der Waals surface area contributed by atoms with Crippen molar-refractivity contribution in [1.29, 1.82) is 0 Å². The largest absolute Gasteiger partial charge is 0.466 e. The van der Waals surface area contributed by atoms with E-state index in [0.717, 1.165) is 25.7 Å². The first-order chi connectivity index (χ1) is 9.07. The molecule has 0 radical (unpaired) electrons. The Balaban J connectivity index is 1.98. The molecule has 0 aromatic rings. The van der Waals surface area contributed by atoms with Gasteiger partial charge < -0.3 is 14.2 Å². The van der Waals surface area contributed by atoms with Crippen LogP contribution in [0.2, 0.25) is 0 Å². The number of epoxide rings is 1. The lowest BCUT2D eigenvalue weighted by Crippen LogP contribution is -2.37. The molecule has 0 amide bonds. The molecule has 0 spiro atoms. The number of esters is 2. The van der Waals surface area contributed by atoms with Gasteiger partial charge in [0, 0.05) is 12.8 Å². The Morgan fingerprint density at radius 3 is 1.74 bits per heavy atom. The first-order valence-corrected chi connectivity index (χ1v) is 6.66. The van der Waals surface area contributed by atoms with Crippen LogP contribution in [0.3, 0.4) is 0 Å². The van der Waals surface area contributed by atoms with Gasteiger partial charge in [-0.2, -0.15) is 0 Å². The van der Waals surface area contributed by atoms with Crippen molar-refractivity contribution < 1.29 is 23.8 Å². The van der Waals surface area contributed by atoms with E-state index in [9.17, 15) is 9.59 Å². The Morgan fingerprint density at radius 2 is 1.37 bits per heavy atom. The van der Waals surface area contributed by atoms with Gasteiger partial charge in [0.15, 0.2) is 0 Å². The minimum Gasteiger partial charge on any atom is -0.466 e. The predicted octanol–water partition coefficient (Wildman–Crippen LogP) is 1.50. The van der Waals surface area contributed by atoms with E-state index >= 15 is 0 Å². The monoisotopic (exact) mass is 266 g/mol. The molecule has 0 N–H and O–H groups in total. The molecule has 2 fully saturated rings. The normalized spacial score (nSPS) is 36.1. The molecule has 1 heterocycles. The van der Waals surface area contributed by atoms with Crippen LogP contribution in [0.4, 0.5) is 0 Å². The number of hydrogen-bond acceptors (Lipinski definition) is 5. The van der Waals surface area contributed by atoms with Gasteiger partial charge in [0.1, 0.15) is 11.2 Å². The highest BCUT2D eigenvalue weighted by Crippen LogP contribution is 2.65. The van der Waals surface area contributed by atoms with Crippen molar-refractivity contribution >= 4 is 11.9 Å². The fraction of sp³-hybridized carbons (Fsp3) is 0.714. The zero-order chi connectivity index (χ0) is 13.7. The number of carbonyl (C=O) groups excluding carboxylic acids is 2. The van der Waals surface area contributed by atoms with Crippen molar-refractivity contribution in [3.05, 3.63) is 11.1 Å². The van der Waals surface area contributed by atoms with E-state index < -0.39 is 11.9 Å². The van der Waals surface area contributed by atoms with Crippen molar-refractivity contribution in [2.45, 2.75) is 49.7 Å². The van der Waals surface area contributed by atoms with Crippen molar-refractivity contribution in [2.75, 3.05) is 14.2 Å². The maximum absolute atomic E-state index is 11.9.